The Morgan fingerprint density at radius 2 is 2.00 bits per heavy atom. The number of rotatable bonds is 0. The van der Waals surface area contributed by atoms with Crippen molar-refractivity contribution in [3.8, 4) is 0 Å². The number of carbonyl (C=O) groups is 1. The fraction of sp³-hybridized carbons (Fsp3) is 0.917. The maximum absolute atomic E-state index is 11.9. The Labute approximate surface area is 90.8 Å². The molecule has 1 spiro atoms. The largest absolute Gasteiger partial charge is 0.443 e. The van der Waals surface area contributed by atoms with Gasteiger partial charge < -0.3 is 9.64 Å². The van der Waals surface area contributed by atoms with Gasteiger partial charge in [-0.05, 0) is 50.9 Å². The van der Waals surface area contributed by atoms with Crippen LogP contribution in [0.1, 0.15) is 44.9 Å². The van der Waals surface area contributed by atoms with E-state index in [2.05, 4.69) is 0 Å². The lowest BCUT2D eigenvalue weighted by molar-refractivity contribution is -0.0180. The van der Waals surface area contributed by atoms with Crippen LogP contribution in [-0.2, 0) is 4.74 Å². The molecular formula is C12H19NO2. The minimum absolute atomic E-state index is 0.0425. The summed E-state index contributed by atoms with van der Waals surface area (Å²) in [5, 5.41) is 0. The zero-order valence-corrected chi connectivity index (χ0v) is 9.21. The second-order valence-electron chi connectivity index (χ2n) is 5.40. The van der Waals surface area contributed by atoms with Crippen molar-refractivity contribution in [2.24, 2.45) is 5.92 Å². The highest BCUT2D eigenvalue weighted by Gasteiger charge is 2.42. The van der Waals surface area contributed by atoms with Crippen molar-refractivity contribution < 1.29 is 9.53 Å². The monoisotopic (exact) mass is 209 g/mol. The summed E-state index contributed by atoms with van der Waals surface area (Å²) in [6, 6.07) is 0. The molecule has 3 fully saturated rings. The van der Waals surface area contributed by atoms with Crippen LogP contribution in [-0.4, -0.2) is 29.7 Å². The number of hydrogen-bond acceptors (Lipinski definition) is 2. The van der Waals surface area contributed by atoms with E-state index in [-0.39, 0.29) is 11.7 Å². The van der Waals surface area contributed by atoms with Crippen LogP contribution >= 0.6 is 0 Å². The molecule has 0 aromatic carbocycles. The van der Waals surface area contributed by atoms with Crippen molar-refractivity contribution in [3.05, 3.63) is 0 Å². The summed E-state index contributed by atoms with van der Waals surface area (Å²) >= 11 is 0. The van der Waals surface area contributed by atoms with Gasteiger partial charge in [-0.1, -0.05) is 0 Å². The summed E-state index contributed by atoms with van der Waals surface area (Å²) in [4.78, 5) is 13.8. The van der Waals surface area contributed by atoms with Crippen LogP contribution in [0.25, 0.3) is 0 Å². The van der Waals surface area contributed by atoms with Gasteiger partial charge in [-0.3, -0.25) is 0 Å². The van der Waals surface area contributed by atoms with Crippen LogP contribution in [0.2, 0.25) is 0 Å². The van der Waals surface area contributed by atoms with Crippen LogP contribution in [0.5, 0.6) is 0 Å². The Bertz CT molecular complexity index is 271. The number of amides is 1. The molecule has 1 amide bonds. The third-order valence-corrected chi connectivity index (χ3v) is 4.37. The van der Waals surface area contributed by atoms with Gasteiger partial charge in [-0.25, -0.2) is 4.79 Å². The molecule has 2 bridgehead atoms. The summed E-state index contributed by atoms with van der Waals surface area (Å²) in [7, 11) is 0. The number of fused-ring (bicyclic) bond motifs is 2. The molecule has 3 nitrogen and oxygen atoms in total. The third-order valence-electron chi connectivity index (χ3n) is 4.37. The van der Waals surface area contributed by atoms with E-state index in [1.807, 2.05) is 4.90 Å². The van der Waals surface area contributed by atoms with Crippen molar-refractivity contribution in [3.63, 3.8) is 0 Å². The number of ether oxygens (including phenoxy) is 1. The van der Waals surface area contributed by atoms with Gasteiger partial charge in [-0.15, -0.1) is 0 Å². The molecule has 3 aliphatic rings. The lowest BCUT2D eigenvalue weighted by atomic mass is 9.90. The Kier molecular flexibility index (Phi) is 2.15. The molecule has 0 radical (unpaired) electrons. The Morgan fingerprint density at radius 1 is 1.20 bits per heavy atom. The molecule has 3 rings (SSSR count). The van der Waals surface area contributed by atoms with Crippen molar-refractivity contribution >= 4 is 6.09 Å². The third kappa shape index (κ3) is 1.62. The van der Waals surface area contributed by atoms with E-state index in [4.69, 9.17) is 4.74 Å². The molecule has 84 valence electrons. The van der Waals surface area contributed by atoms with Gasteiger partial charge in [0.15, 0.2) is 0 Å². The van der Waals surface area contributed by atoms with Crippen LogP contribution in [0, 0.1) is 5.92 Å². The van der Waals surface area contributed by atoms with E-state index in [1.165, 1.54) is 25.7 Å². The standard InChI is InChI=1S/C12H19NO2/c14-11-13-8-4-10(9-13)3-7-12(15-11)5-1-2-6-12/h10H,1-9H2. The van der Waals surface area contributed by atoms with E-state index in [9.17, 15) is 4.79 Å². The summed E-state index contributed by atoms with van der Waals surface area (Å²) in [5.74, 6) is 0.746. The van der Waals surface area contributed by atoms with Crippen molar-refractivity contribution in [2.45, 2.75) is 50.5 Å². The SMILES string of the molecule is O=C1OC2(CCCC2)CCC2CCN1C2. The van der Waals surface area contributed by atoms with Crippen molar-refractivity contribution in [1.29, 1.82) is 0 Å². The molecule has 1 unspecified atom stereocenters. The maximum Gasteiger partial charge on any atom is 0.410 e. The first-order valence-electron chi connectivity index (χ1n) is 6.25. The molecule has 2 aliphatic heterocycles. The van der Waals surface area contributed by atoms with Crippen LogP contribution in [0.4, 0.5) is 4.79 Å². The minimum Gasteiger partial charge on any atom is -0.443 e. The van der Waals surface area contributed by atoms with E-state index in [1.54, 1.807) is 0 Å². The second kappa shape index (κ2) is 3.39. The van der Waals surface area contributed by atoms with Crippen molar-refractivity contribution in [1.82, 2.24) is 4.90 Å². The van der Waals surface area contributed by atoms with E-state index < -0.39 is 0 Å². The predicted octanol–water partition coefficient (Wildman–Crippen LogP) is 2.55. The quantitative estimate of drug-likeness (QED) is 0.613. The van der Waals surface area contributed by atoms with E-state index in [0.29, 0.717) is 0 Å². The fourth-order valence-electron chi connectivity index (χ4n) is 3.37. The van der Waals surface area contributed by atoms with E-state index in [0.717, 1.165) is 38.3 Å². The molecule has 2 saturated heterocycles. The summed E-state index contributed by atoms with van der Waals surface area (Å²) in [6.07, 6.45) is 8.17. The molecule has 2 heterocycles. The zero-order valence-electron chi connectivity index (χ0n) is 9.21. The Hall–Kier alpha value is -0.730. The molecular weight excluding hydrogens is 190 g/mol. The molecule has 1 saturated carbocycles. The highest BCUT2D eigenvalue weighted by Crippen LogP contribution is 2.41. The second-order valence-corrected chi connectivity index (χ2v) is 5.40. The molecule has 3 heteroatoms. The zero-order chi connectivity index (χ0) is 10.3. The Morgan fingerprint density at radius 3 is 2.80 bits per heavy atom. The van der Waals surface area contributed by atoms with E-state index >= 15 is 0 Å². The Balaban J connectivity index is 1.80. The van der Waals surface area contributed by atoms with Crippen LogP contribution < -0.4 is 0 Å². The fourth-order valence-corrected chi connectivity index (χ4v) is 3.37. The number of hydrogen-bond donors (Lipinski definition) is 0. The summed E-state index contributed by atoms with van der Waals surface area (Å²) in [5.41, 5.74) is -0.0711. The molecule has 0 N–H and O–H groups in total. The highest BCUT2D eigenvalue weighted by atomic mass is 16.6. The summed E-state index contributed by atoms with van der Waals surface area (Å²) in [6.45, 7) is 1.86. The maximum atomic E-state index is 11.9. The minimum atomic E-state index is -0.0711. The number of carbonyl (C=O) groups excluding carboxylic acids is 1. The van der Waals surface area contributed by atoms with Gasteiger partial charge in [0.1, 0.15) is 5.60 Å². The smallest absolute Gasteiger partial charge is 0.410 e. The lowest BCUT2D eigenvalue weighted by Crippen LogP contribution is -2.41. The van der Waals surface area contributed by atoms with Gasteiger partial charge in [0.2, 0.25) is 0 Å². The van der Waals surface area contributed by atoms with Gasteiger partial charge in [0, 0.05) is 13.1 Å². The van der Waals surface area contributed by atoms with Crippen molar-refractivity contribution in [2.75, 3.05) is 13.1 Å². The molecule has 0 aromatic heterocycles. The molecule has 15 heavy (non-hydrogen) atoms. The number of nitrogens with zero attached hydrogens (tertiary/aromatic N) is 1. The lowest BCUT2D eigenvalue weighted by Gasteiger charge is -2.33. The van der Waals surface area contributed by atoms with Gasteiger partial charge >= 0.3 is 6.09 Å². The first-order chi connectivity index (χ1) is 7.27. The predicted molar refractivity (Wildman–Crippen MR) is 56.6 cm³/mol. The highest BCUT2D eigenvalue weighted by molar-refractivity contribution is 5.68. The first kappa shape index (κ1) is 9.49. The average molecular weight is 209 g/mol. The van der Waals surface area contributed by atoms with Gasteiger partial charge in [-0.2, -0.15) is 0 Å². The topological polar surface area (TPSA) is 29.5 Å². The molecule has 1 atom stereocenters. The van der Waals surface area contributed by atoms with Crippen LogP contribution in [0.15, 0.2) is 0 Å². The van der Waals surface area contributed by atoms with Gasteiger partial charge in [0.25, 0.3) is 0 Å². The average Bonchev–Trinajstić information content (AvgIpc) is 2.82. The summed E-state index contributed by atoms with van der Waals surface area (Å²) < 4.78 is 5.76. The van der Waals surface area contributed by atoms with Gasteiger partial charge in [0.05, 0.1) is 0 Å². The van der Waals surface area contributed by atoms with Crippen LogP contribution in [0.3, 0.4) is 0 Å². The normalized spacial score (nSPS) is 34.0. The molecule has 0 aromatic rings. The first-order valence-corrected chi connectivity index (χ1v) is 6.25. The molecule has 1 aliphatic carbocycles.